The minimum Gasteiger partial charge on any atom is -0.0836 e. The lowest BCUT2D eigenvalue weighted by Crippen LogP contribution is -1.95. The van der Waals surface area contributed by atoms with Crippen LogP contribution in [0.5, 0.6) is 0 Å². The summed E-state index contributed by atoms with van der Waals surface area (Å²) in [7, 11) is 0. The maximum absolute atomic E-state index is 6.86. The molecule has 5 rings (SSSR count). The van der Waals surface area contributed by atoms with Crippen molar-refractivity contribution in [1.29, 1.82) is 0 Å². The highest BCUT2D eigenvalue weighted by Gasteiger charge is 2.24. The zero-order chi connectivity index (χ0) is 20.1. The quantitative estimate of drug-likeness (QED) is 0.132. The van der Waals surface area contributed by atoms with Gasteiger partial charge >= 0.3 is 0 Å². The normalized spacial score (nSPS) is 12.3. The Balaban J connectivity index is 2.38. The maximum atomic E-state index is 6.86. The monoisotopic (exact) mass is 552 g/mol. The Hall–Kier alpha value is -0.770. The van der Waals surface area contributed by atoms with Gasteiger partial charge in [-0.25, -0.2) is 0 Å². The van der Waals surface area contributed by atoms with Gasteiger partial charge in [-0.05, 0) is 72.5 Å². The predicted octanol–water partition coefficient (Wildman–Crippen LogP) is 10.1. The highest BCUT2D eigenvalue weighted by atomic mass is 79.9. The third-order valence-corrected chi connectivity index (χ3v) is 7.81. The van der Waals surface area contributed by atoms with Crippen LogP contribution in [0.2, 0.25) is 15.1 Å². The second-order valence-corrected chi connectivity index (χ2v) is 10.3. The van der Waals surface area contributed by atoms with Gasteiger partial charge in [-0.3, -0.25) is 0 Å². The van der Waals surface area contributed by atoms with Gasteiger partial charge in [0.1, 0.15) is 0 Å². The summed E-state index contributed by atoms with van der Waals surface area (Å²) in [5.41, 5.74) is 3.42. The van der Waals surface area contributed by atoms with E-state index in [1.807, 2.05) is 12.1 Å². The zero-order valence-corrected chi connectivity index (χ0v) is 20.6. The number of rotatable bonds is 0. The van der Waals surface area contributed by atoms with E-state index < -0.39 is 0 Å². The number of aryl methyl sites for hydroxylation is 3. The number of fused-ring (bicyclic) bond motifs is 2. The highest BCUT2D eigenvalue weighted by Crippen LogP contribution is 2.52. The number of hydrogen-bond donors (Lipinski definition) is 0. The Kier molecular flexibility index (Phi) is 4.36. The minimum absolute atomic E-state index is 0.674. The van der Waals surface area contributed by atoms with Gasteiger partial charge in [0.05, 0.1) is 5.02 Å². The Morgan fingerprint density at radius 3 is 1.43 bits per heavy atom. The van der Waals surface area contributed by atoms with Crippen LogP contribution < -0.4 is 0 Å². The third-order valence-electron chi connectivity index (χ3n) is 5.66. The van der Waals surface area contributed by atoms with Gasteiger partial charge in [0.15, 0.2) is 0 Å². The molecule has 0 aliphatic carbocycles. The molecule has 0 N–H and O–H groups in total. The molecule has 0 nitrogen and oxygen atoms in total. The van der Waals surface area contributed by atoms with E-state index in [1.165, 1.54) is 5.39 Å². The van der Waals surface area contributed by atoms with Crippen LogP contribution in [0.15, 0.2) is 33.2 Å². The van der Waals surface area contributed by atoms with Crippen LogP contribution in [-0.2, 0) is 0 Å². The fraction of sp³-hybridized carbons (Fsp3) is 0.130. The summed E-state index contributed by atoms with van der Waals surface area (Å²) < 4.78 is 1.95. The lowest BCUT2D eigenvalue weighted by atomic mass is 9.85. The van der Waals surface area contributed by atoms with Crippen molar-refractivity contribution in [3.05, 3.63) is 65.0 Å². The first-order valence-electron chi connectivity index (χ1n) is 8.75. The topological polar surface area (TPSA) is 0 Å². The van der Waals surface area contributed by atoms with Crippen molar-refractivity contribution in [2.75, 3.05) is 0 Å². The molecule has 0 aromatic heterocycles. The van der Waals surface area contributed by atoms with Crippen LogP contribution in [0.1, 0.15) is 16.7 Å². The zero-order valence-electron chi connectivity index (χ0n) is 15.2. The van der Waals surface area contributed by atoms with Crippen LogP contribution in [-0.4, -0.2) is 0 Å². The van der Waals surface area contributed by atoms with Crippen molar-refractivity contribution >= 4 is 110 Å². The van der Waals surface area contributed by atoms with Gasteiger partial charge in [-0.1, -0.05) is 66.7 Å². The lowest BCUT2D eigenvalue weighted by Gasteiger charge is -2.22. The fourth-order valence-electron chi connectivity index (χ4n) is 4.68. The Morgan fingerprint density at radius 1 is 0.464 bits per heavy atom. The average Bonchev–Trinajstić information content (AvgIpc) is 2.58. The number of hydrogen-bond acceptors (Lipinski definition) is 0. The molecule has 5 aromatic carbocycles. The predicted molar refractivity (Wildman–Crippen MR) is 132 cm³/mol. The van der Waals surface area contributed by atoms with Crippen LogP contribution in [0.4, 0.5) is 0 Å². The molecule has 5 aromatic rings. The molecule has 0 atom stereocenters. The Morgan fingerprint density at radius 2 is 0.857 bits per heavy atom. The molecular formula is C23H13Br2Cl3. The second kappa shape index (κ2) is 6.36. The summed E-state index contributed by atoms with van der Waals surface area (Å²) in [6.07, 6.45) is 0. The summed E-state index contributed by atoms with van der Waals surface area (Å²) in [6, 6.07) is 8.18. The molecule has 0 aliphatic heterocycles. The molecule has 0 heterocycles. The minimum atomic E-state index is 0.674. The first-order chi connectivity index (χ1) is 13.2. The van der Waals surface area contributed by atoms with Gasteiger partial charge < -0.3 is 0 Å². The smallest absolute Gasteiger partial charge is 0.0503 e. The first kappa shape index (κ1) is 19.2. The molecule has 0 fully saturated rings. The Bertz CT molecular complexity index is 1270. The van der Waals surface area contributed by atoms with Crippen LogP contribution >= 0.6 is 66.7 Å². The van der Waals surface area contributed by atoms with Gasteiger partial charge in [0, 0.05) is 51.3 Å². The summed E-state index contributed by atoms with van der Waals surface area (Å²) >= 11 is 28.0. The van der Waals surface area contributed by atoms with E-state index in [2.05, 4.69) is 64.8 Å². The number of halogens is 5. The third kappa shape index (κ3) is 2.36. The van der Waals surface area contributed by atoms with Crippen molar-refractivity contribution in [2.45, 2.75) is 20.8 Å². The van der Waals surface area contributed by atoms with E-state index in [0.29, 0.717) is 10.0 Å². The van der Waals surface area contributed by atoms with E-state index >= 15 is 0 Å². The summed E-state index contributed by atoms with van der Waals surface area (Å²) in [6.45, 7) is 6.30. The molecule has 28 heavy (non-hydrogen) atoms. The molecule has 0 unspecified atom stereocenters. The van der Waals surface area contributed by atoms with Crippen LogP contribution in [0.3, 0.4) is 0 Å². The van der Waals surface area contributed by atoms with Crippen molar-refractivity contribution in [2.24, 2.45) is 0 Å². The fourth-order valence-corrected chi connectivity index (χ4v) is 7.48. The maximum Gasteiger partial charge on any atom is 0.0503 e. The van der Waals surface area contributed by atoms with Gasteiger partial charge in [-0.15, -0.1) is 0 Å². The molecule has 0 aliphatic rings. The Labute approximate surface area is 194 Å². The summed E-state index contributed by atoms with van der Waals surface area (Å²) in [4.78, 5) is 0. The van der Waals surface area contributed by atoms with Crippen molar-refractivity contribution in [1.82, 2.24) is 0 Å². The summed E-state index contributed by atoms with van der Waals surface area (Å²) in [5.74, 6) is 0. The van der Waals surface area contributed by atoms with Crippen molar-refractivity contribution in [3.8, 4) is 0 Å². The SMILES string of the molecule is Cc1cc(Cl)c2c3c(C)cc(Br)c4c(Br)cc(Cl)c(c5c(Cl)cc(C)c1c25)c43. The van der Waals surface area contributed by atoms with E-state index in [0.717, 1.165) is 68.4 Å². The van der Waals surface area contributed by atoms with Crippen molar-refractivity contribution in [3.63, 3.8) is 0 Å². The number of benzene rings is 5. The largest absolute Gasteiger partial charge is 0.0836 e. The van der Waals surface area contributed by atoms with E-state index in [9.17, 15) is 0 Å². The molecule has 140 valence electrons. The highest BCUT2D eigenvalue weighted by molar-refractivity contribution is 9.11. The molecule has 0 spiro atoms. The molecule has 0 saturated carbocycles. The van der Waals surface area contributed by atoms with Gasteiger partial charge in [-0.2, -0.15) is 0 Å². The molecule has 0 amide bonds. The average molecular weight is 556 g/mol. The van der Waals surface area contributed by atoms with E-state index in [-0.39, 0.29) is 0 Å². The molecule has 0 saturated heterocycles. The molecule has 0 bridgehead atoms. The van der Waals surface area contributed by atoms with Crippen LogP contribution in [0, 0.1) is 20.8 Å². The van der Waals surface area contributed by atoms with Crippen molar-refractivity contribution < 1.29 is 0 Å². The van der Waals surface area contributed by atoms with E-state index in [1.54, 1.807) is 0 Å². The van der Waals surface area contributed by atoms with Crippen LogP contribution in [0.25, 0.3) is 43.1 Å². The second-order valence-electron chi connectivity index (χ2n) is 7.37. The molecule has 5 heteroatoms. The molecular weight excluding hydrogens is 542 g/mol. The van der Waals surface area contributed by atoms with E-state index in [4.69, 9.17) is 34.8 Å². The standard InChI is InChI=1S/C23H13Br2Cl3/c1-8-4-11(24)18-12(25)7-15(28)21-20-14(27)6-10(3)16-9(2)5-13(26)19(22(16)20)17(8)23(18)21/h4-7H,1-3H3. The first-order valence-corrected chi connectivity index (χ1v) is 11.5. The summed E-state index contributed by atoms with van der Waals surface area (Å²) in [5, 5.41) is 10.7. The lowest BCUT2D eigenvalue weighted by molar-refractivity contribution is 1.47. The van der Waals surface area contributed by atoms with Gasteiger partial charge in [0.25, 0.3) is 0 Å². The van der Waals surface area contributed by atoms with Gasteiger partial charge in [0.2, 0.25) is 0 Å². The molecule has 0 radical (unpaired) electrons.